The molecule has 0 amide bonds. The summed E-state index contributed by atoms with van der Waals surface area (Å²) in [6.07, 6.45) is 0. The molecule has 10 nitrogen and oxygen atoms in total. The maximum Gasteiger partial charge on any atom is 0.238 e. The van der Waals surface area contributed by atoms with Gasteiger partial charge < -0.3 is 9.13 Å². The predicted octanol–water partition coefficient (Wildman–Crippen LogP) is 26.7. The van der Waals surface area contributed by atoms with Crippen molar-refractivity contribution in [3.05, 3.63) is 400 Å². The first-order valence-electron chi connectivity index (χ1n) is 39.2. The first-order valence-corrected chi connectivity index (χ1v) is 39.2. The van der Waals surface area contributed by atoms with E-state index in [9.17, 15) is 0 Å². The standard InChI is InChI=1S/2C53H33N5/c1-3-14-36(15-4-1)51-54-52(37-16-5-2-6-17-37)56-53(55-51)58-48-22-12-10-20-43(48)46-32-39(27-30-50(46)58)38-26-29-49-45(31-38)42-19-9-11-21-47(42)57(49)40-28-25-35-24-23-34-13-7-8-18-41(34)44(35)33-40;1-3-15-34(16-4-1)51-54-52(35-17-5-2-6-18-35)56-53(55-51)58-47-26-14-12-24-43(47)45-32-37(28-30-49(45)58)36-27-29-48-44(31-36)42-23-11-13-25-46(42)57(48)50-33-38-19-7-8-20-39(38)40-21-9-10-22-41(40)50/h2*1-33H. The molecule has 24 rings (SSSR count). The van der Waals surface area contributed by atoms with Crippen LogP contribution in [-0.4, -0.2) is 48.2 Å². The van der Waals surface area contributed by atoms with E-state index in [1.54, 1.807) is 0 Å². The highest BCUT2D eigenvalue weighted by molar-refractivity contribution is 6.18. The van der Waals surface area contributed by atoms with Gasteiger partial charge in [0, 0.05) is 76.4 Å². The van der Waals surface area contributed by atoms with Crippen LogP contribution in [0.3, 0.4) is 0 Å². The fourth-order valence-corrected chi connectivity index (χ4v) is 17.7. The van der Waals surface area contributed by atoms with E-state index in [1.165, 1.54) is 92.4 Å². The molecule has 540 valence electrons. The summed E-state index contributed by atoms with van der Waals surface area (Å²) in [5.41, 5.74) is 19.6. The normalized spacial score (nSPS) is 11.8. The lowest BCUT2D eigenvalue weighted by atomic mass is 9.99. The summed E-state index contributed by atoms with van der Waals surface area (Å²) in [5, 5.41) is 19.5. The number of rotatable bonds is 10. The minimum absolute atomic E-state index is 0.585. The van der Waals surface area contributed by atoms with Gasteiger partial charge in [0.15, 0.2) is 23.3 Å². The van der Waals surface area contributed by atoms with Crippen LogP contribution in [0.4, 0.5) is 0 Å². The maximum absolute atomic E-state index is 5.12. The van der Waals surface area contributed by atoms with Crippen molar-refractivity contribution in [2.24, 2.45) is 0 Å². The highest BCUT2D eigenvalue weighted by Crippen LogP contribution is 2.44. The maximum atomic E-state index is 5.12. The van der Waals surface area contributed by atoms with Gasteiger partial charge >= 0.3 is 0 Å². The van der Waals surface area contributed by atoms with Gasteiger partial charge in [-0.25, -0.2) is 9.97 Å². The molecule has 0 saturated carbocycles. The van der Waals surface area contributed by atoms with Gasteiger partial charge in [-0.05, 0) is 151 Å². The molecule has 24 aromatic rings. The average Bonchev–Trinajstić information content (AvgIpc) is 1.58. The molecule has 18 aromatic carbocycles. The second kappa shape index (κ2) is 27.0. The Morgan fingerprint density at radius 3 is 0.845 bits per heavy atom. The monoisotopic (exact) mass is 1480 g/mol. The van der Waals surface area contributed by atoms with Crippen molar-refractivity contribution in [1.29, 1.82) is 0 Å². The molecule has 0 bridgehead atoms. The summed E-state index contributed by atoms with van der Waals surface area (Å²) in [5.74, 6) is 3.71. The third-order valence-electron chi connectivity index (χ3n) is 23.1. The minimum atomic E-state index is 0.585. The summed E-state index contributed by atoms with van der Waals surface area (Å²) in [7, 11) is 0. The Balaban J connectivity index is 0.000000137. The molecule has 116 heavy (non-hydrogen) atoms. The Bertz CT molecular complexity index is 7960. The van der Waals surface area contributed by atoms with E-state index in [-0.39, 0.29) is 0 Å². The van der Waals surface area contributed by atoms with Gasteiger partial charge in [-0.2, -0.15) is 19.9 Å². The van der Waals surface area contributed by atoms with Gasteiger partial charge in [0.25, 0.3) is 0 Å². The largest absolute Gasteiger partial charge is 0.309 e. The van der Waals surface area contributed by atoms with Gasteiger partial charge in [-0.3, -0.25) is 9.13 Å². The van der Waals surface area contributed by atoms with Crippen LogP contribution in [0.1, 0.15) is 0 Å². The van der Waals surface area contributed by atoms with Crippen molar-refractivity contribution in [3.8, 4) is 91.1 Å². The molecule has 0 spiro atoms. The fraction of sp³-hybridized carbons (Fsp3) is 0. The Hall–Kier alpha value is -15.8. The Labute approximate surface area is 665 Å². The molecule has 0 aliphatic heterocycles. The van der Waals surface area contributed by atoms with Crippen molar-refractivity contribution < 1.29 is 0 Å². The molecule has 0 atom stereocenters. The molecule has 6 heterocycles. The molecular weight excluding hydrogens is 1410 g/mol. The van der Waals surface area contributed by atoms with E-state index in [0.29, 0.717) is 35.2 Å². The van der Waals surface area contributed by atoms with Gasteiger partial charge in [0.1, 0.15) is 0 Å². The SMILES string of the molecule is c1ccc(-c2nc(-c3ccccc3)nc(-n3c4ccccc4c4cc(-c5ccc6c(c5)c5ccccc5n6-c5cc6ccccc6c6ccccc56)ccc43)n2)cc1.c1ccc(-c2nc(-c3ccccc3)nc(-n3c4ccccc4c4cc(-c5ccc6c(c5)c5ccccc5n6-c5ccc6ccc7ccccc7c6c5)ccc43)n2)cc1. The zero-order valence-corrected chi connectivity index (χ0v) is 62.6. The van der Waals surface area contributed by atoms with Crippen molar-refractivity contribution in [3.63, 3.8) is 0 Å². The van der Waals surface area contributed by atoms with Crippen molar-refractivity contribution in [2.45, 2.75) is 0 Å². The van der Waals surface area contributed by atoms with E-state index in [2.05, 4.69) is 297 Å². The quantitative estimate of drug-likeness (QED) is 0.127. The highest BCUT2D eigenvalue weighted by atomic mass is 15.2. The Morgan fingerprint density at radius 1 is 0.147 bits per heavy atom. The Kier molecular flexibility index (Phi) is 15.4. The van der Waals surface area contributed by atoms with E-state index in [1.807, 2.05) is 121 Å². The molecule has 0 aliphatic rings. The van der Waals surface area contributed by atoms with Crippen molar-refractivity contribution >= 4 is 130 Å². The summed E-state index contributed by atoms with van der Waals surface area (Å²) in [4.78, 5) is 30.4. The first-order chi connectivity index (χ1) is 57.5. The number of benzene rings is 18. The number of hydrogen-bond acceptors (Lipinski definition) is 6. The van der Waals surface area contributed by atoms with Crippen LogP contribution >= 0.6 is 0 Å². The third-order valence-corrected chi connectivity index (χ3v) is 23.1. The average molecular weight is 1480 g/mol. The van der Waals surface area contributed by atoms with Crippen molar-refractivity contribution in [2.75, 3.05) is 0 Å². The van der Waals surface area contributed by atoms with Gasteiger partial charge in [0.2, 0.25) is 11.9 Å². The molecule has 0 saturated heterocycles. The summed E-state index contributed by atoms with van der Waals surface area (Å²) < 4.78 is 9.22. The van der Waals surface area contributed by atoms with Crippen LogP contribution < -0.4 is 0 Å². The van der Waals surface area contributed by atoms with Crippen LogP contribution in [0.5, 0.6) is 0 Å². The molecule has 0 unspecified atom stereocenters. The summed E-state index contributed by atoms with van der Waals surface area (Å²) >= 11 is 0. The minimum Gasteiger partial charge on any atom is -0.309 e. The molecule has 10 heteroatoms. The van der Waals surface area contributed by atoms with Crippen LogP contribution in [0.15, 0.2) is 400 Å². The number of nitrogens with zero attached hydrogens (tertiary/aromatic N) is 10. The second-order valence-electron chi connectivity index (χ2n) is 29.7. The number of hydrogen-bond donors (Lipinski definition) is 0. The second-order valence-corrected chi connectivity index (χ2v) is 29.7. The van der Waals surface area contributed by atoms with E-state index >= 15 is 0 Å². The molecule has 0 aliphatic carbocycles. The number of aromatic nitrogens is 10. The van der Waals surface area contributed by atoms with Crippen LogP contribution in [-0.2, 0) is 0 Å². The van der Waals surface area contributed by atoms with E-state index < -0.39 is 0 Å². The lowest BCUT2D eigenvalue weighted by molar-refractivity contribution is 0.953. The first kappa shape index (κ1) is 66.0. The zero-order chi connectivity index (χ0) is 76.3. The molecule has 0 fully saturated rings. The number of para-hydroxylation sites is 4. The van der Waals surface area contributed by atoms with Gasteiger partial charge in [0.05, 0.1) is 49.8 Å². The summed E-state index contributed by atoms with van der Waals surface area (Å²) in [6.45, 7) is 0. The predicted molar refractivity (Wildman–Crippen MR) is 480 cm³/mol. The van der Waals surface area contributed by atoms with Gasteiger partial charge in [-0.1, -0.05) is 309 Å². The topological polar surface area (TPSA) is 97.1 Å². The zero-order valence-electron chi connectivity index (χ0n) is 62.6. The fourth-order valence-electron chi connectivity index (χ4n) is 17.7. The molecular formula is C106H66N10. The molecule has 6 aromatic heterocycles. The van der Waals surface area contributed by atoms with Crippen LogP contribution in [0.2, 0.25) is 0 Å². The van der Waals surface area contributed by atoms with Crippen molar-refractivity contribution in [1.82, 2.24) is 48.2 Å². The van der Waals surface area contributed by atoms with Crippen LogP contribution in [0, 0.1) is 0 Å². The Morgan fingerprint density at radius 2 is 0.431 bits per heavy atom. The van der Waals surface area contributed by atoms with E-state index in [0.717, 1.165) is 93.8 Å². The van der Waals surface area contributed by atoms with Crippen LogP contribution in [0.25, 0.3) is 221 Å². The smallest absolute Gasteiger partial charge is 0.238 e. The van der Waals surface area contributed by atoms with Gasteiger partial charge in [-0.15, -0.1) is 0 Å². The highest BCUT2D eigenvalue weighted by Gasteiger charge is 2.24. The lowest BCUT2D eigenvalue weighted by Crippen LogP contribution is -2.06. The summed E-state index contributed by atoms with van der Waals surface area (Å²) in [6, 6.07) is 142. The molecule has 0 radical (unpaired) electrons. The lowest BCUT2D eigenvalue weighted by Gasteiger charge is -2.14. The van der Waals surface area contributed by atoms with E-state index in [4.69, 9.17) is 29.9 Å². The molecule has 0 N–H and O–H groups in total. The number of fused-ring (bicyclic) bond motifs is 18. The third kappa shape index (κ3) is 10.9.